The van der Waals surface area contributed by atoms with Crippen LogP contribution in [0.2, 0.25) is 0 Å². The highest BCUT2D eigenvalue weighted by atomic mass is 35.5. The van der Waals surface area contributed by atoms with Crippen molar-refractivity contribution in [2.75, 3.05) is 0 Å². The quantitative estimate of drug-likeness (QED) is 0.580. The zero-order valence-electron chi connectivity index (χ0n) is 10.5. The van der Waals surface area contributed by atoms with Gasteiger partial charge in [-0.15, -0.1) is 0 Å². The number of carbonyl (C=O) groups excluding carboxylic acids is 2. The van der Waals surface area contributed by atoms with Crippen LogP contribution in [0.4, 0.5) is 17.6 Å². The van der Waals surface area contributed by atoms with Crippen LogP contribution in [-0.2, 0) is 0 Å². The summed E-state index contributed by atoms with van der Waals surface area (Å²) in [6.07, 6.45) is 0. The molecule has 116 valence electrons. The molecule has 0 aliphatic carbocycles. The molecule has 2 nitrogen and oxygen atoms in total. The van der Waals surface area contributed by atoms with Crippen molar-refractivity contribution in [3.05, 3.63) is 70.8 Å². The normalized spacial score (nSPS) is 9.73. The van der Waals surface area contributed by atoms with Crippen LogP contribution in [0.25, 0.3) is 0 Å². The highest BCUT2D eigenvalue weighted by Gasteiger charge is 2.13. The molecule has 0 radical (unpaired) electrons. The molecule has 0 aromatic heterocycles. The summed E-state index contributed by atoms with van der Waals surface area (Å²) in [5.74, 6) is -4.15. The molecule has 0 saturated heterocycles. The smallest absolute Gasteiger partial charge is 0.258 e. The van der Waals surface area contributed by atoms with Gasteiger partial charge in [-0.2, -0.15) is 0 Å². The van der Waals surface area contributed by atoms with E-state index in [1.807, 2.05) is 0 Å². The predicted octanol–water partition coefficient (Wildman–Crippen LogP) is 4.69. The van der Waals surface area contributed by atoms with Gasteiger partial charge >= 0.3 is 0 Å². The van der Waals surface area contributed by atoms with Crippen molar-refractivity contribution in [1.29, 1.82) is 0 Å². The second kappa shape index (κ2) is 7.91. The third-order valence-electron chi connectivity index (χ3n) is 2.32. The van der Waals surface area contributed by atoms with Gasteiger partial charge in [0.25, 0.3) is 10.5 Å². The van der Waals surface area contributed by atoms with E-state index in [4.69, 9.17) is 23.2 Å². The van der Waals surface area contributed by atoms with E-state index >= 15 is 0 Å². The first-order valence-corrected chi connectivity index (χ1v) is 6.29. The standard InChI is InChI=1S/2C7H3ClF2O/c8-7(11)6-4(9)2-1-3-5(6)10;8-7(11)4-2-1-3-5(9)6(4)10/h2*1-3H. The third kappa shape index (κ3) is 4.54. The van der Waals surface area contributed by atoms with Gasteiger partial charge < -0.3 is 0 Å². The Morgan fingerprint density at radius 3 is 1.55 bits per heavy atom. The van der Waals surface area contributed by atoms with Crippen LogP contribution in [-0.4, -0.2) is 10.5 Å². The Morgan fingerprint density at radius 2 is 1.18 bits per heavy atom. The van der Waals surface area contributed by atoms with Crippen LogP contribution in [0.5, 0.6) is 0 Å². The first-order chi connectivity index (χ1) is 10.3. The topological polar surface area (TPSA) is 34.1 Å². The molecule has 2 aromatic carbocycles. The van der Waals surface area contributed by atoms with Gasteiger partial charge in [-0.05, 0) is 47.5 Å². The maximum absolute atomic E-state index is 12.6. The lowest BCUT2D eigenvalue weighted by Gasteiger charge is -1.96. The fraction of sp³-hybridized carbons (Fsp3) is 0. The summed E-state index contributed by atoms with van der Waals surface area (Å²) in [6.45, 7) is 0. The zero-order chi connectivity index (χ0) is 16.9. The summed E-state index contributed by atoms with van der Waals surface area (Å²) in [5, 5.41) is -2.12. The lowest BCUT2D eigenvalue weighted by Crippen LogP contribution is -1.98. The molecule has 0 saturated carbocycles. The molecule has 0 aliphatic heterocycles. The number of carbonyl (C=O) groups is 2. The maximum atomic E-state index is 12.6. The van der Waals surface area contributed by atoms with Gasteiger partial charge in [0.15, 0.2) is 11.6 Å². The summed E-state index contributed by atoms with van der Waals surface area (Å²) in [5.41, 5.74) is -1.14. The fourth-order valence-corrected chi connectivity index (χ4v) is 1.67. The summed E-state index contributed by atoms with van der Waals surface area (Å²) in [7, 11) is 0. The van der Waals surface area contributed by atoms with Crippen molar-refractivity contribution in [1.82, 2.24) is 0 Å². The summed E-state index contributed by atoms with van der Waals surface area (Å²) in [6, 6.07) is 6.35. The van der Waals surface area contributed by atoms with E-state index in [0.717, 1.165) is 30.3 Å². The zero-order valence-corrected chi connectivity index (χ0v) is 12.1. The molecule has 0 spiro atoms. The van der Waals surface area contributed by atoms with Crippen LogP contribution in [0, 0.1) is 23.3 Å². The summed E-state index contributed by atoms with van der Waals surface area (Å²) >= 11 is 9.83. The van der Waals surface area contributed by atoms with Crippen molar-refractivity contribution in [2.45, 2.75) is 0 Å². The molecule has 0 amide bonds. The number of hydrogen-bond donors (Lipinski definition) is 0. The number of benzene rings is 2. The Kier molecular flexibility index (Phi) is 6.52. The lowest BCUT2D eigenvalue weighted by atomic mass is 10.2. The first kappa shape index (κ1) is 18.1. The van der Waals surface area contributed by atoms with Gasteiger partial charge in [0.05, 0.1) is 5.56 Å². The minimum absolute atomic E-state index is 0.438. The van der Waals surface area contributed by atoms with E-state index in [9.17, 15) is 27.2 Å². The second-order valence-corrected chi connectivity index (χ2v) is 4.43. The van der Waals surface area contributed by atoms with Crippen molar-refractivity contribution in [2.24, 2.45) is 0 Å². The van der Waals surface area contributed by atoms with Gasteiger partial charge in [0, 0.05) is 0 Å². The van der Waals surface area contributed by atoms with Crippen LogP contribution >= 0.6 is 23.2 Å². The Labute approximate surface area is 132 Å². The van der Waals surface area contributed by atoms with E-state index in [0.29, 0.717) is 0 Å². The van der Waals surface area contributed by atoms with Crippen molar-refractivity contribution < 1.29 is 27.2 Å². The van der Waals surface area contributed by atoms with Crippen LogP contribution < -0.4 is 0 Å². The van der Waals surface area contributed by atoms with E-state index in [1.165, 1.54) is 6.07 Å². The number of hydrogen-bond acceptors (Lipinski definition) is 2. The molecule has 0 fully saturated rings. The van der Waals surface area contributed by atoms with E-state index in [1.54, 1.807) is 0 Å². The van der Waals surface area contributed by atoms with Gasteiger partial charge in [0.2, 0.25) is 0 Å². The molecule has 2 rings (SSSR count). The molecule has 0 aliphatic rings. The molecule has 0 atom stereocenters. The highest BCUT2D eigenvalue weighted by Crippen LogP contribution is 2.14. The largest absolute Gasteiger partial charge is 0.275 e. The Morgan fingerprint density at radius 1 is 0.727 bits per heavy atom. The molecule has 0 heterocycles. The average molecular weight is 353 g/mol. The third-order valence-corrected chi connectivity index (χ3v) is 2.72. The van der Waals surface area contributed by atoms with Gasteiger partial charge in [-0.25, -0.2) is 17.6 Å². The molecular weight excluding hydrogens is 347 g/mol. The highest BCUT2D eigenvalue weighted by molar-refractivity contribution is 6.68. The molecule has 0 unspecified atom stereocenters. The van der Waals surface area contributed by atoms with Crippen molar-refractivity contribution in [3.8, 4) is 0 Å². The van der Waals surface area contributed by atoms with Crippen molar-refractivity contribution >= 4 is 33.7 Å². The molecule has 22 heavy (non-hydrogen) atoms. The second-order valence-electron chi connectivity index (χ2n) is 3.75. The van der Waals surface area contributed by atoms with E-state index in [2.05, 4.69) is 0 Å². The van der Waals surface area contributed by atoms with Gasteiger partial charge in [-0.3, -0.25) is 9.59 Å². The average Bonchev–Trinajstić information content (AvgIpc) is 2.41. The van der Waals surface area contributed by atoms with Gasteiger partial charge in [0.1, 0.15) is 17.2 Å². The minimum atomic E-state index is -1.20. The van der Waals surface area contributed by atoms with E-state index in [-0.39, 0.29) is 0 Å². The Hall–Kier alpha value is -1.92. The SMILES string of the molecule is O=C(Cl)c1c(F)cccc1F.O=C(Cl)c1cccc(F)c1F. The van der Waals surface area contributed by atoms with Crippen molar-refractivity contribution in [3.63, 3.8) is 0 Å². The summed E-state index contributed by atoms with van der Waals surface area (Å²) in [4.78, 5) is 20.7. The molecule has 0 N–H and O–H groups in total. The Bertz CT molecular complexity index is 700. The Balaban J connectivity index is 0.000000220. The van der Waals surface area contributed by atoms with Gasteiger partial charge in [-0.1, -0.05) is 12.1 Å². The van der Waals surface area contributed by atoms with Crippen LogP contribution in [0.1, 0.15) is 20.7 Å². The summed E-state index contributed by atoms with van der Waals surface area (Å²) < 4.78 is 50.0. The lowest BCUT2D eigenvalue weighted by molar-refractivity contribution is 0.106. The molecule has 0 bridgehead atoms. The maximum Gasteiger partial charge on any atom is 0.258 e. The molecular formula is C14H6Cl2F4O2. The molecule has 2 aromatic rings. The van der Waals surface area contributed by atoms with Crippen LogP contribution in [0.15, 0.2) is 36.4 Å². The number of rotatable bonds is 2. The van der Waals surface area contributed by atoms with E-state index < -0.39 is 44.9 Å². The first-order valence-electron chi connectivity index (χ1n) is 5.53. The fourth-order valence-electron chi connectivity index (χ4n) is 1.34. The minimum Gasteiger partial charge on any atom is -0.275 e. The predicted molar refractivity (Wildman–Crippen MR) is 73.1 cm³/mol. The van der Waals surface area contributed by atoms with Crippen LogP contribution in [0.3, 0.4) is 0 Å². The number of halogens is 6. The monoisotopic (exact) mass is 352 g/mol. The molecule has 8 heteroatoms.